The lowest BCUT2D eigenvalue weighted by Gasteiger charge is -2.31. The number of hydrogen-bond acceptors (Lipinski definition) is 2. The van der Waals surface area contributed by atoms with E-state index >= 15 is 0 Å². The first kappa shape index (κ1) is 12.6. The zero-order valence-corrected chi connectivity index (χ0v) is 12.0. The summed E-state index contributed by atoms with van der Waals surface area (Å²) in [5.41, 5.74) is 3.13. The number of aryl methyl sites for hydroxylation is 1. The van der Waals surface area contributed by atoms with Crippen LogP contribution >= 0.6 is 11.8 Å². The van der Waals surface area contributed by atoms with Crippen LogP contribution in [0, 0.1) is 0 Å². The van der Waals surface area contributed by atoms with Crippen LogP contribution in [-0.2, 0) is 6.42 Å². The van der Waals surface area contributed by atoms with E-state index in [9.17, 15) is 0 Å². The fourth-order valence-electron chi connectivity index (χ4n) is 3.58. The van der Waals surface area contributed by atoms with Crippen molar-refractivity contribution >= 4 is 11.8 Å². The molecule has 0 amide bonds. The second kappa shape index (κ2) is 5.66. The summed E-state index contributed by atoms with van der Waals surface area (Å²) < 4.78 is 0. The van der Waals surface area contributed by atoms with Crippen LogP contribution in [0.4, 0.5) is 0 Å². The Morgan fingerprint density at radius 3 is 2.89 bits per heavy atom. The normalized spacial score (nSPS) is 31.3. The Morgan fingerprint density at radius 2 is 2.00 bits per heavy atom. The lowest BCUT2D eigenvalue weighted by atomic mass is 9.87. The molecule has 1 aromatic rings. The molecule has 0 aromatic heterocycles. The molecule has 0 heterocycles. The molecule has 3 atom stereocenters. The van der Waals surface area contributed by atoms with Crippen molar-refractivity contribution in [3.63, 3.8) is 0 Å². The Labute approximate surface area is 115 Å². The zero-order valence-electron chi connectivity index (χ0n) is 11.2. The van der Waals surface area contributed by atoms with Crippen molar-refractivity contribution in [3.05, 3.63) is 35.4 Å². The summed E-state index contributed by atoms with van der Waals surface area (Å²) in [6, 6.07) is 10.4. The number of thioether (sulfide) groups is 1. The van der Waals surface area contributed by atoms with Gasteiger partial charge in [0, 0.05) is 17.3 Å². The van der Waals surface area contributed by atoms with E-state index in [2.05, 4.69) is 35.8 Å². The summed E-state index contributed by atoms with van der Waals surface area (Å²) in [5, 5.41) is 4.79. The van der Waals surface area contributed by atoms with Gasteiger partial charge in [-0.15, -0.1) is 0 Å². The van der Waals surface area contributed by atoms with Crippen LogP contribution in [0.5, 0.6) is 0 Å². The largest absolute Gasteiger partial charge is 0.306 e. The lowest BCUT2D eigenvalue weighted by Crippen LogP contribution is -2.38. The Balaban J connectivity index is 1.74. The standard InChI is InChI=1S/C16H23NS/c1-18-16-11-5-10-15(16)17-14-9-4-7-12-6-2-3-8-13(12)14/h2-3,6,8,14-17H,4-5,7,9-11H2,1H3. The molecule has 0 spiro atoms. The number of nitrogens with one attached hydrogen (secondary N) is 1. The molecule has 0 aliphatic heterocycles. The number of hydrogen-bond donors (Lipinski definition) is 1. The van der Waals surface area contributed by atoms with Crippen LogP contribution in [0.15, 0.2) is 24.3 Å². The van der Waals surface area contributed by atoms with E-state index in [0.717, 1.165) is 11.3 Å². The third-order valence-corrected chi connectivity index (χ3v) is 5.71. The first-order chi connectivity index (χ1) is 8.88. The van der Waals surface area contributed by atoms with Gasteiger partial charge >= 0.3 is 0 Å². The highest BCUT2D eigenvalue weighted by Gasteiger charge is 2.30. The maximum absolute atomic E-state index is 3.95. The second-order valence-electron chi connectivity index (χ2n) is 5.62. The van der Waals surface area contributed by atoms with Gasteiger partial charge in [-0.1, -0.05) is 30.7 Å². The molecule has 1 nitrogen and oxygen atoms in total. The molecule has 2 heteroatoms. The SMILES string of the molecule is CSC1CCCC1NC1CCCc2ccccc21. The highest BCUT2D eigenvalue weighted by atomic mass is 32.2. The maximum Gasteiger partial charge on any atom is 0.0325 e. The topological polar surface area (TPSA) is 12.0 Å². The fourth-order valence-corrected chi connectivity index (χ4v) is 4.53. The molecule has 1 fully saturated rings. The summed E-state index contributed by atoms with van der Waals surface area (Å²) >= 11 is 2.05. The van der Waals surface area contributed by atoms with E-state index < -0.39 is 0 Å². The van der Waals surface area contributed by atoms with Crippen LogP contribution in [0.25, 0.3) is 0 Å². The molecule has 0 saturated heterocycles. The van der Waals surface area contributed by atoms with Crippen molar-refractivity contribution in [3.8, 4) is 0 Å². The molecule has 98 valence electrons. The van der Waals surface area contributed by atoms with Crippen LogP contribution in [0.3, 0.4) is 0 Å². The van der Waals surface area contributed by atoms with Gasteiger partial charge in [-0.05, 0) is 49.5 Å². The molecule has 3 unspecified atom stereocenters. The number of benzene rings is 1. The van der Waals surface area contributed by atoms with Crippen molar-refractivity contribution in [2.75, 3.05) is 6.26 Å². The van der Waals surface area contributed by atoms with Crippen molar-refractivity contribution < 1.29 is 0 Å². The van der Waals surface area contributed by atoms with Gasteiger partial charge < -0.3 is 5.32 Å². The molecule has 1 aromatic carbocycles. The quantitative estimate of drug-likeness (QED) is 0.884. The van der Waals surface area contributed by atoms with Crippen LogP contribution in [-0.4, -0.2) is 17.5 Å². The van der Waals surface area contributed by atoms with E-state index in [1.165, 1.54) is 38.5 Å². The molecule has 3 rings (SSSR count). The summed E-state index contributed by atoms with van der Waals surface area (Å²) in [4.78, 5) is 0. The maximum atomic E-state index is 3.95. The third-order valence-electron chi connectivity index (χ3n) is 4.54. The predicted octanol–water partition coefficient (Wildman–Crippen LogP) is 3.94. The molecule has 18 heavy (non-hydrogen) atoms. The van der Waals surface area contributed by atoms with Crippen LogP contribution in [0.1, 0.15) is 49.3 Å². The van der Waals surface area contributed by atoms with E-state index in [0.29, 0.717) is 6.04 Å². The highest BCUT2D eigenvalue weighted by Crippen LogP contribution is 2.34. The van der Waals surface area contributed by atoms with E-state index in [-0.39, 0.29) is 0 Å². The summed E-state index contributed by atoms with van der Waals surface area (Å²) in [6.07, 6.45) is 10.3. The molecule has 1 N–H and O–H groups in total. The average molecular weight is 261 g/mol. The first-order valence-electron chi connectivity index (χ1n) is 7.25. The third kappa shape index (κ3) is 2.46. The molecule has 0 bridgehead atoms. The zero-order chi connectivity index (χ0) is 12.4. The molecule has 1 saturated carbocycles. The van der Waals surface area contributed by atoms with Gasteiger partial charge in [0.25, 0.3) is 0 Å². The van der Waals surface area contributed by atoms with Crippen molar-refractivity contribution in [2.45, 2.75) is 55.9 Å². The highest BCUT2D eigenvalue weighted by molar-refractivity contribution is 7.99. The smallest absolute Gasteiger partial charge is 0.0325 e. The predicted molar refractivity (Wildman–Crippen MR) is 80.2 cm³/mol. The molecular weight excluding hydrogens is 238 g/mol. The van der Waals surface area contributed by atoms with Gasteiger partial charge in [0.05, 0.1) is 0 Å². The number of fused-ring (bicyclic) bond motifs is 1. The van der Waals surface area contributed by atoms with Crippen LogP contribution < -0.4 is 5.32 Å². The van der Waals surface area contributed by atoms with Crippen LogP contribution in [0.2, 0.25) is 0 Å². The summed E-state index contributed by atoms with van der Waals surface area (Å²) in [6.45, 7) is 0. The Hall–Kier alpha value is -0.470. The van der Waals surface area contributed by atoms with Crippen molar-refractivity contribution in [2.24, 2.45) is 0 Å². The molecule has 0 radical (unpaired) electrons. The summed E-state index contributed by atoms with van der Waals surface area (Å²) in [7, 11) is 0. The first-order valence-corrected chi connectivity index (χ1v) is 8.54. The van der Waals surface area contributed by atoms with E-state index in [4.69, 9.17) is 0 Å². The van der Waals surface area contributed by atoms with Gasteiger partial charge in [0.1, 0.15) is 0 Å². The molecular formula is C16H23NS. The van der Waals surface area contributed by atoms with E-state index in [1.807, 2.05) is 11.8 Å². The Kier molecular flexibility index (Phi) is 3.95. The van der Waals surface area contributed by atoms with Gasteiger partial charge in [-0.2, -0.15) is 11.8 Å². The van der Waals surface area contributed by atoms with Gasteiger partial charge in [0.15, 0.2) is 0 Å². The number of rotatable bonds is 3. The van der Waals surface area contributed by atoms with Crippen molar-refractivity contribution in [1.29, 1.82) is 0 Å². The van der Waals surface area contributed by atoms with E-state index in [1.54, 1.807) is 11.1 Å². The summed E-state index contributed by atoms with van der Waals surface area (Å²) in [5.74, 6) is 0. The Morgan fingerprint density at radius 1 is 1.11 bits per heavy atom. The average Bonchev–Trinajstić information content (AvgIpc) is 2.86. The van der Waals surface area contributed by atoms with Gasteiger partial charge in [-0.3, -0.25) is 0 Å². The molecule has 2 aliphatic carbocycles. The minimum absolute atomic E-state index is 0.604. The fraction of sp³-hybridized carbons (Fsp3) is 0.625. The molecule has 2 aliphatic rings. The van der Waals surface area contributed by atoms with Gasteiger partial charge in [-0.25, -0.2) is 0 Å². The Bertz CT molecular complexity index is 404. The lowest BCUT2D eigenvalue weighted by molar-refractivity contribution is 0.401. The second-order valence-corrected chi connectivity index (χ2v) is 6.70. The van der Waals surface area contributed by atoms with Gasteiger partial charge in [0.2, 0.25) is 0 Å². The minimum atomic E-state index is 0.604. The monoisotopic (exact) mass is 261 g/mol. The van der Waals surface area contributed by atoms with Crippen molar-refractivity contribution in [1.82, 2.24) is 5.32 Å². The minimum Gasteiger partial charge on any atom is -0.306 e.